The molecule has 2 rings (SSSR count). The molecule has 0 saturated carbocycles. The third-order valence-electron chi connectivity index (χ3n) is 3.25. The topological polar surface area (TPSA) is 72.5 Å². The van der Waals surface area contributed by atoms with Crippen molar-refractivity contribution in [3.8, 4) is 0 Å². The maximum atomic E-state index is 12.1. The van der Waals surface area contributed by atoms with Gasteiger partial charge in [-0.25, -0.2) is 13.1 Å². The Morgan fingerprint density at radius 1 is 1.17 bits per heavy atom. The first-order chi connectivity index (χ1) is 11.4. The lowest BCUT2D eigenvalue weighted by Gasteiger charge is -2.08. The fourth-order valence-corrected chi connectivity index (χ4v) is 3.55. The molecular formula is C17H18BrNO4S. The Morgan fingerprint density at radius 3 is 2.54 bits per heavy atom. The second-order valence-corrected chi connectivity index (χ2v) is 7.93. The van der Waals surface area contributed by atoms with Gasteiger partial charge in [-0.3, -0.25) is 4.79 Å². The van der Waals surface area contributed by atoms with Crippen LogP contribution in [0, 0.1) is 6.92 Å². The summed E-state index contributed by atoms with van der Waals surface area (Å²) in [6.45, 7) is 2.15. The molecular weight excluding hydrogens is 394 g/mol. The van der Waals surface area contributed by atoms with Crippen LogP contribution < -0.4 is 4.72 Å². The highest BCUT2D eigenvalue weighted by Gasteiger charge is 2.14. The van der Waals surface area contributed by atoms with Crippen molar-refractivity contribution in [1.82, 2.24) is 4.72 Å². The first-order valence-electron chi connectivity index (χ1n) is 7.33. The van der Waals surface area contributed by atoms with E-state index in [1.54, 1.807) is 12.1 Å². The van der Waals surface area contributed by atoms with Gasteiger partial charge in [-0.05, 0) is 30.7 Å². The van der Waals surface area contributed by atoms with Crippen LogP contribution >= 0.6 is 15.9 Å². The molecule has 1 N–H and O–H groups in total. The molecule has 0 spiro atoms. The Balaban J connectivity index is 1.78. The average molecular weight is 412 g/mol. The zero-order valence-corrected chi connectivity index (χ0v) is 15.6. The number of ether oxygens (including phenoxy) is 1. The monoisotopic (exact) mass is 411 g/mol. The predicted molar refractivity (Wildman–Crippen MR) is 94.9 cm³/mol. The van der Waals surface area contributed by atoms with Crippen LogP contribution in [0.25, 0.3) is 0 Å². The van der Waals surface area contributed by atoms with Crippen molar-refractivity contribution in [2.24, 2.45) is 0 Å². The molecule has 0 aromatic heterocycles. The maximum Gasteiger partial charge on any atom is 0.307 e. The highest BCUT2D eigenvalue weighted by atomic mass is 79.9. The van der Waals surface area contributed by atoms with Crippen molar-refractivity contribution in [3.63, 3.8) is 0 Å². The molecule has 2 aromatic rings. The number of esters is 1. The lowest BCUT2D eigenvalue weighted by molar-refractivity contribution is -0.144. The number of rotatable bonds is 7. The zero-order chi connectivity index (χ0) is 17.6. The van der Waals surface area contributed by atoms with Gasteiger partial charge in [0.15, 0.2) is 0 Å². The minimum atomic E-state index is -3.64. The van der Waals surface area contributed by atoms with Gasteiger partial charge in [-0.1, -0.05) is 51.8 Å². The molecule has 0 aliphatic heterocycles. The van der Waals surface area contributed by atoms with Crippen LogP contribution in [0.3, 0.4) is 0 Å². The highest BCUT2D eigenvalue weighted by molar-refractivity contribution is 9.10. The molecule has 0 saturated heterocycles. The molecule has 0 aliphatic carbocycles. The van der Waals surface area contributed by atoms with Crippen molar-refractivity contribution < 1.29 is 17.9 Å². The van der Waals surface area contributed by atoms with E-state index in [0.717, 1.165) is 11.1 Å². The van der Waals surface area contributed by atoms with Gasteiger partial charge in [0.25, 0.3) is 0 Å². The van der Waals surface area contributed by atoms with E-state index >= 15 is 0 Å². The molecule has 0 bridgehead atoms. The Bertz CT molecular complexity index is 804. The number of benzene rings is 2. The largest absolute Gasteiger partial charge is 0.461 e. The molecule has 7 heteroatoms. The smallest absolute Gasteiger partial charge is 0.307 e. The number of carbonyl (C=O) groups is 1. The lowest BCUT2D eigenvalue weighted by atomic mass is 10.2. The molecule has 0 fully saturated rings. The molecule has 0 heterocycles. The van der Waals surface area contributed by atoms with E-state index in [0.29, 0.717) is 4.47 Å². The van der Waals surface area contributed by atoms with Crippen LogP contribution in [0.15, 0.2) is 57.9 Å². The minimum absolute atomic E-state index is 0.0123. The van der Waals surface area contributed by atoms with Gasteiger partial charge in [-0.2, -0.15) is 0 Å². The number of aryl methyl sites for hydroxylation is 1. The van der Waals surface area contributed by atoms with Crippen molar-refractivity contribution in [2.75, 3.05) is 6.54 Å². The van der Waals surface area contributed by atoms with Crippen molar-refractivity contribution in [3.05, 3.63) is 64.1 Å². The highest BCUT2D eigenvalue weighted by Crippen LogP contribution is 2.15. The normalized spacial score (nSPS) is 11.2. The summed E-state index contributed by atoms with van der Waals surface area (Å²) in [5.74, 6) is -0.451. The van der Waals surface area contributed by atoms with E-state index in [1.807, 2.05) is 31.2 Å². The van der Waals surface area contributed by atoms with E-state index < -0.39 is 16.0 Å². The third-order valence-corrected chi connectivity index (χ3v) is 5.20. The molecule has 0 radical (unpaired) electrons. The van der Waals surface area contributed by atoms with Gasteiger partial charge in [0.1, 0.15) is 6.61 Å². The van der Waals surface area contributed by atoms with Gasteiger partial charge in [-0.15, -0.1) is 0 Å². The molecule has 0 unspecified atom stereocenters. The summed E-state index contributed by atoms with van der Waals surface area (Å²) in [5.41, 5.74) is 2.02. The minimum Gasteiger partial charge on any atom is -0.461 e. The Hall–Kier alpha value is -1.70. The maximum absolute atomic E-state index is 12.1. The quantitative estimate of drug-likeness (QED) is 0.710. The van der Waals surface area contributed by atoms with Gasteiger partial charge < -0.3 is 4.74 Å². The summed E-state index contributed by atoms with van der Waals surface area (Å²) in [5, 5.41) is 0. The molecule has 2 aromatic carbocycles. The fraction of sp³-hybridized carbons (Fsp3) is 0.235. The first kappa shape index (κ1) is 18.6. The summed E-state index contributed by atoms with van der Waals surface area (Å²) in [7, 11) is -3.64. The summed E-state index contributed by atoms with van der Waals surface area (Å²) in [4.78, 5) is 11.8. The number of sulfonamides is 1. The zero-order valence-electron chi connectivity index (χ0n) is 13.2. The Kier molecular flexibility index (Phi) is 6.53. The van der Waals surface area contributed by atoms with E-state index in [-0.39, 0.29) is 24.5 Å². The van der Waals surface area contributed by atoms with E-state index in [1.165, 1.54) is 12.1 Å². The molecule has 5 nitrogen and oxygen atoms in total. The Labute approximate surface area is 150 Å². The molecule has 128 valence electrons. The van der Waals surface area contributed by atoms with E-state index in [2.05, 4.69) is 20.7 Å². The van der Waals surface area contributed by atoms with E-state index in [4.69, 9.17) is 4.74 Å². The SMILES string of the molecule is Cc1ccc(COC(=O)CCNS(=O)(=O)c2cccc(Br)c2)cc1. The summed E-state index contributed by atoms with van der Waals surface area (Å²) in [6.07, 6.45) is -0.0287. The fourth-order valence-electron chi connectivity index (χ4n) is 1.93. The Morgan fingerprint density at radius 2 is 1.88 bits per heavy atom. The molecule has 24 heavy (non-hydrogen) atoms. The number of carbonyl (C=O) groups excluding carboxylic acids is 1. The predicted octanol–water partition coefficient (Wildman–Crippen LogP) is 3.17. The van der Waals surface area contributed by atoms with Crippen LogP contribution in [0.5, 0.6) is 0 Å². The van der Waals surface area contributed by atoms with Crippen LogP contribution in [0.1, 0.15) is 17.5 Å². The summed E-state index contributed by atoms with van der Waals surface area (Å²) < 4.78 is 32.4. The summed E-state index contributed by atoms with van der Waals surface area (Å²) >= 11 is 3.23. The number of nitrogens with one attached hydrogen (secondary N) is 1. The van der Waals surface area contributed by atoms with Gasteiger partial charge in [0.2, 0.25) is 10.0 Å². The second kappa shape index (κ2) is 8.41. The van der Waals surface area contributed by atoms with Gasteiger partial charge >= 0.3 is 5.97 Å². The number of hydrogen-bond acceptors (Lipinski definition) is 4. The van der Waals surface area contributed by atoms with Crippen LogP contribution in [-0.4, -0.2) is 20.9 Å². The van der Waals surface area contributed by atoms with Gasteiger partial charge in [0, 0.05) is 11.0 Å². The molecule has 0 atom stereocenters. The van der Waals surface area contributed by atoms with Crippen molar-refractivity contribution in [1.29, 1.82) is 0 Å². The average Bonchev–Trinajstić information content (AvgIpc) is 2.54. The molecule has 0 aliphatic rings. The van der Waals surface area contributed by atoms with Crippen LogP contribution in [-0.2, 0) is 26.2 Å². The summed E-state index contributed by atoms with van der Waals surface area (Å²) in [6, 6.07) is 14.0. The van der Waals surface area contributed by atoms with Gasteiger partial charge in [0.05, 0.1) is 11.3 Å². The van der Waals surface area contributed by atoms with Crippen molar-refractivity contribution >= 4 is 31.9 Å². The molecule has 0 amide bonds. The number of hydrogen-bond donors (Lipinski definition) is 1. The van der Waals surface area contributed by atoms with E-state index in [9.17, 15) is 13.2 Å². The standard InChI is InChI=1S/C17H18BrNO4S/c1-13-5-7-14(8-6-13)12-23-17(20)9-10-19-24(21,22)16-4-2-3-15(18)11-16/h2-8,11,19H,9-10,12H2,1H3. The van der Waals surface area contributed by atoms with Crippen molar-refractivity contribution in [2.45, 2.75) is 24.8 Å². The first-order valence-corrected chi connectivity index (χ1v) is 9.61. The van der Waals surface area contributed by atoms with Crippen LogP contribution in [0.4, 0.5) is 0 Å². The third kappa shape index (κ3) is 5.74. The number of halogens is 1. The lowest BCUT2D eigenvalue weighted by Crippen LogP contribution is -2.26. The van der Waals surface area contributed by atoms with Crippen LogP contribution in [0.2, 0.25) is 0 Å². The second-order valence-electron chi connectivity index (χ2n) is 5.25.